The van der Waals surface area contributed by atoms with Gasteiger partial charge in [0.05, 0.1) is 11.2 Å². The van der Waals surface area contributed by atoms with Crippen molar-refractivity contribution in [3.8, 4) is 33.8 Å². The predicted molar refractivity (Wildman–Crippen MR) is 231 cm³/mol. The molecule has 0 N–H and O–H groups in total. The van der Waals surface area contributed by atoms with E-state index in [1.807, 2.05) is 0 Å². The molecule has 262 valence electrons. The maximum absolute atomic E-state index is 5.24. The molecule has 1 aliphatic rings. The van der Waals surface area contributed by atoms with E-state index in [1.54, 1.807) is 10.4 Å². The van der Waals surface area contributed by atoms with Gasteiger partial charge in [0.15, 0.2) is 5.82 Å². The van der Waals surface area contributed by atoms with Crippen LogP contribution in [0.15, 0.2) is 133 Å². The van der Waals surface area contributed by atoms with Gasteiger partial charge in [-0.05, 0) is 84.1 Å². The van der Waals surface area contributed by atoms with Crippen molar-refractivity contribution in [2.45, 2.75) is 77.3 Å². The van der Waals surface area contributed by atoms with E-state index in [4.69, 9.17) is 9.97 Å². The Morgan fingerprint density at radius 3 is 1.75 bits per heavy atom. The lowest BCUT2D eigenvalue weighted by molar-refractivity contribution is 0.684. The van der Waals surface area contributed by atoms with Crippen molar-refractivity contribution in [3.05, 3.63) is 133 Å². The average molecular weight is 705 g/mol. The molecule has 0 aliphatic carbocycles. The van der Waals surface area contributed by atoms with Gasteiger partial charge in [0, 0.05) is 16.5 Å². The molecule has 8 aromatic rings. The number of hydrogen-bond acceptors (Lipinski definition) is 2. The van der Waals surface area contributed by atoms with Gasteiger partial charge in [-0.3, -0.25) is 0 Å². The summed E-state index contributed by atoms with van der Waals surface area (Å²) in [6, 6.07) is 52.4. The van der Waals surface area contributed by atoms with Gasteiger partial charge in [0.1, 0.15) is 8.07 Å². The van der Waals surface area contributed by atoms with Crippen molar-refractivity contribution in [1.29, 1.82) is 0 Å². The number of nitrogens with zero attached hydrogens (tertiary/aromatic N) is 2. The second-order valence-corrected chi connectivity index (χ2v) is 19.5. The van der Waals surface area contributed by atoms with Crippen LogP contribution in [0.4, 0.5) is 0 Å². The molecule has 0 saturated carbocycles. The normalized spacial score (nSPS) is 13.2. The molecule has 2 nitrogen and oxygen atoms in total. The van der Waals surface area contributed by atoms with E-state index in [1.165, 1.54) is 107 Å². The number of benzene rings is 7. The van der Waals surface area contributed by atoms with Gasteiger partial charge in [0.2, 0.25) is 0 Å². The van der Waals surface area contributed by atoms with E-state index in [9.17, 15) is 0 Å². The summed E-state index contributed by atoms with van der Waals surface area (Å²) < 4.78 is 0. The molecule has 1 aromatic heterocycles. The summed E-state index contributed by atoms with van der Waals surface area (Å²) in [6.45, 7) is 4.67. The van der Waals surface area contributed by atoms with E-state index in [2.05, 4.69) is 147 Å². The topological polar surface area (TPSA) is 25.8 Å². The molecular formula is C50H48N2Si. The Hall–Kier alpha value is -5.12. The van der Waals surface area contributed by atoms with Crippen LogP contribution in [0.2, 0.25) is 12.1 Å². The lowest BCUT2D eigenvalue weighted by atomic mass is 9.91. The van der Waals surface area contributed by atoms with Gasteiger partial charge in [-0.2, -0.15) is 0 Å². The molecule has 0 spiro atoms. The molecular weight excluding hydrogens is 657 g/mol. The molecule has 0 fully saturated rings. The SMILES string of the molecule is CCCCCC[Si]1(CCCCCC)c2ccccc2-c2cc3c4ccc(-c5nc(-c6ccccc6)c6ccccc6n5)cc4c4ccccc4c3cc21. The number of hydrogen-bond donors (Lipinski definition) is 0. The number of aromatic nitrogens is 2. The van der Waals surface area contributed by atoms with Gasteiger partial charge >= 0.3 is 0 Å². The zero-order valence-electron chi connectivity index (χ0n) is 31.2. The standard InChI is InChI=1S/C50H48N2Si/c1-3-5-7-18-30-53(31-19-8-6-4-2)47-27-17-15-24-40(47)45-33-43-39-29-28-36(32-42(39)37-22-12-13-23-38(37)44(43)34-48(45)53)50-51-46-26-16-14-25-41(46)49(52-50)35-20-10-9-11-21-35/h9-17,20-29,32-34H,3-8,18-19,30-31H2,1-2H3. The van der Waals surface area contributed by atoms with Crippen molar-refractivity contribution in [2.24, 2.45) is 0 Å². The van der Waals surface area contributed by atoms with Crippen LogP contribution in [0.3, 0.4) is 0 Å². The summed E-state index contributed by atoms with van der Waals surface area (Å²) in [5.41, 5.74) is 7.08. The van der Waals surface area contributed by atoms with Crippen LogP contribution >= 0.6 is 0 Å². The Morgan fingerprint density at radius 1 is 0.415 bits per heavy atom. The molecule has 53 heavy (non-hydrogen) atoms. The van der Waals surface area contributed by atoms with Crippen molar-refractivity contribution >= 4 is 61.7 Å². The third-order valence-corrected chi connectivity index (χ3v) is 17.4. The highest BCUT2D eigenvalue weighted by Gasteiger charge is 2.44. The fourth-order valence-corrected chi connectivity index (χ4v) is 15.0. The molecule has 3 heteroatoms. The molecule has 0 bridgehead atoms. The third-order valence-electron chi connectivity index (χ3n) is 12.0. The Morgan fingerprint density at radius 2 is 1.02 bits per heavy atom. The van der Waals surface area contributed by atoms with Crippen LogP contribution in [0.5, 0.6) is 0 Å². The molecule has 0 unspecified atom stereocenters. The van der Waals surface area contributed by atoms with Crippen LogP contribution in [-0.4, -0.2) is 18.0 Å². The molecule has 2 heterocycles. The van der Waals surface area contributed by atoms with Gasteiger partial charge in [-0.25, -0.2) is 9.97 Å². The molecule has 0 radical (unpaired) electrons. The summed E-state index contributed by atoms with van der Waals surface area (Å²) in [5.74, 6) is 0.762. The summed E-state index contributed by atoms with van der Waals surface area (Å²) >= 11 is 0. The lowest BCUT2D eigenvalue weighted by Crippen LogP contribution is -2.55. The molecule has 0 amide bonds. The third kappa shape index (κ3) is 5.86. The van der Waals surface area contributed by atoms with Gasteiger partial charge in [-0.1, -0.05) is 180 Å². The van der Waals surface area contributed by atoms with Gasteiger partial charge in [0.25, 0.3) is 0 Å². The maximum Gasteiger partial charge on any atom is 0.160 e. The Labute approximate surface area is 315 Å². The fraction of sp³-hybridized carbons (Fsp3) is 0.240. The summed E-state index contributed by atoms with van der Waals surface area (Å²) in [5, 5.41) is 12.4. The van der Waals surface area contributed by atoms with Crippen molar-refractivity contribution in [1.82, 2.24) is 9.97 Å². The van der Waals surface area contributed by atoms with E-state index in [-0.39, 0.29) is 0 Å². The van der Waals surface area contributed by atoms with E-state index in [0.29, 0.717) is 0 Å². The van der Waals surface area contributed by atoms with Crippen molar-refractivity contribution in [2.75, 3.05) is 0 Å². The Bertz CT molecular complexity index is 2590. The second-order valence-electron chi connectivity index (χ2n) is 15.3. The minimum absolute atomic E-state index is 0.762. The zero-order valence-corrected chi connectivity index (χ0v) is 32.2. The molecule has 0 saturated heterocycles. The monoisotopic (exact) mass is 704 g/mol. The predicted octanol–water partition coefficient (Wildman–Crippen LogP) is 13.1. The fourth-order valence-electron chi connectivity index (χ4n) is 9.43. The van der Waals surface area contributed by atoms with Crippen LogP contribution in [0, 0.1) is 0 Å². The van der Waals surface area contributed by atoms with Crippen LogP contribution in [0.1, 0.15) is 65.2 Å². The molecule has 9 rings (SSSR count). The summed E-state index contributed by atoms with van der Waals surface area (Å²) in [7, 11) is -1.97. The molecule has 7 aromatic carbocycles. The largest absolute Gasteiger partial charge is 0.228 e. The summed E-state index contributed by atoms with van der Waals surface area (Å²) in [4.78, 5) is 10.4. The molecule has 0 atom stereocenters. The number of fused-ring (bicyclic) bond motifs is 10. The van der Waals surface area contributed by atoms with Crippen molar-refractivity contribution in [3.63, 3.8) is 0 Å². The Kier molecular flexibility index (Phi) is 9.13. The van der Waals surface area contributed by atoms with Gasteiger partial charge in [-0.15, -0.1) is 0 Å². The number of rotatable bonds is 12. The lowest BCUT2D eigenvalue weighted by Gasteiger charge is -2.31. The first-order chi connectivity index (χ1) is 26.2. The minimum Gasteiger partial charge on any atom is -0.228 e. The zero-order chi connectivity index (χ0) is 35.8. The quantitative estimate of drug-likeness (QED) is 0.0719. The first-order valence-corrected chi connectivity index (χ1v) is 22.5. The first kappa shape index (κ1) is 33.7. The summed E-state index contributed by atoms with van der Waals surface area (Å²) in [6.07, 6.45) is 10.6. The highest BCUT2D eigenvalue weighted by molar-refractivity contribution is 7.05. The first-order valence-electron chi connectivity index (χ1n) is 20.1. The van der Waals surface area contributed by atoms with Crippen LogP contribution in [0.25, 0.3) is 77.0 Å². The highest BCUT2D eigenvalue weighted by Crippen LogP contribution is 2.42. The van der Waals surface area contributed by atoms with E-state index >= 15 is 0 Å². The van der Waals surface area contributed by atoms with Crippen molar-refractivity contribution < 1.29 is 0 Å². The van der Waals surface area contributed by atoms with Crippen LogP contribution < -0.4 is 10.4 Å². The second kappa shape index (κ2) is 14.4. The number of unbranched alkanes of at least 4 members (excludes halogenated alkanes) is 6. The Balaban J connectivity index is 1.25. The minimum atomic E-state index is -1.97. The molecule has 1 aliphatic heterocycles. The van der Waals surface area contributed by atoms with Crippen LogP contribution in [-0.2, 0) is 0 Å². The van der Waals surface area contributed by atoms with Gasteiger partial charge < -0.3 is 0 Å². The van der Waals surface area contributed by atoms with E-state index < -0.39 is 8.07 Å². The average Bonchev–Trinajstić information content (AvgIpc) is 3.48. The smallest absolute Gasteiger partial charge is 0.160 e. The highest BCUT2D eigenvalue weighted by atomic mass is 28.3. The number of para-hydroxylation sites is 1. The maximum atomic E-state index is 5.24. The van der Waals surface area contributed by atoms with E-state index in [0.717, 1.165) is 33.5 Å².